The minimum absolute atomic E-state index is 0.173. The first-order chi connectivity index (χ1) is 12.7. The number of nitrogens with one attached hydrogen (secondary N) is 1. The Morgan fingerprint density at radius 2 is 1.56 bits per heavy atom. The second kappa shape index (κ2) is 8.67. The van der Waals surface area contributed by atoms with Gasteiger partial charge in [-0.1, -0.05) is 38.1 Å². The maximum atomic E-state index is 12.8. The van der Waals surface area contributed by atoms with Crippen molar-refractivity contribution in [2.45, 2.75) is 45.9 Å². The second-order valence-electron chi connectivity index (χ2n) is 6.71. The maximum absolute atomic E-state index is 12.8. The van der Waals surface area contributed by atoms with Crippen molar-refractivity contribution in [1.82, 2.24) is 4.31 Å². The maximum Gasteiger partial charge on any atom is 0.243 e. The van der Waals surface area contributed by atoms with E-state index < -0.39 is 10.0 Å². The Morgan fingerprint density at radius 1 is 0.926 bits per heavy atom. The summed E-state index contributed by atoms with van der Waals surface area (Å²) in [6.07, 6.45) is 0.243. The lowest BCUT2D eigenvalue weighted by atomic mass is 10.0. The Labute approximate surface area is 162 Å². The van der Waals surface area contributed by atoms with E-state index in [0.717, 1.165) is 11.1 Å². The SMILES string of the molecule is CCN(CC)S(=O)(=O)c1cc(NC(=O)Cc2ccc(C)c(C)c2)ccc1C. The molecule has 27 heavy (non-hydrogen) atoms. The fourth-order valence-electron chi connectivity index (χ4n) is 2.96. The van der Waals surface area contributed by atoms with E-state index in [9.17, 15) is 13.2 Å². The third-order valence-corrected chi connectivity index (χ3v) is 6.92. The molecule has 146 valence electrons. The van der Waals surface area contributed by atoms with Crippen LogP contribution in [0.3, 0.4) is 0 Å². The topological polar surface area (TPSA) is 66.5 Å². The number of rotatable bonds is 7. The molecule has 0 radical (unpaired) electrons. The van der Waals surface area contributed by atoms with Gasteiger partial charge in [0.1, 0.15) is 0 Å². The minimum Gasteiger partial charge on any atom is -0.326 e. The van der Waals surface area contributed by atoms with Crippen LogP contribution in [0.1, 0.15) is 36.1 Å². The predicted octanol–water partition coefficient (Wildman–Crippen LogP) is 3.82. The Hall–Kier alpha value is -2.18. The highest BCUT2D eigenvalue weighted by molar-refractivity contribution is 7.89. The first kappa shape index (κ1) is 21.1. The van der Waals surface area contributed by atoms with Crippen molar-refractivity contribution in [3.05, 3.63) is 58.7 Å². The number of hydrogen-bond donors (Lipinski definition) is 1. The Bertz CT molecular complexity index is 932. The van der Waals surface area contributed by atoms with Gasteiger partial charge in [0.15, 0.2) is 0 Å². The number of carbonyl (C=O) groups excluding carboxylic acids is 1. The van der Waals surface area contributed by atoms with Gasteiger partial charge < -0.3 is 5.32 Å². The number of aryl methyl sites for hydroxylation is 3. The molecular formula is C21H28N2O3S. The van der Waals surface area contributed by atoms with Gasteiger partial charge >= 0.3 is 0 Å². The monoisotopic (exact) mass is 388 g/mol. The van der Waals surface area contributed by atoms with Gasteiger partial charge in [0.25, 0.3) is 0 Å². The van der Waals surface area contributed by atoms with Gasteiger partial charge in [-0.25, -0.2) is 8.42 Å². The number of anilines is 1. The van der Waals surface area contributed by atoms with E-state index in [1.165, 1.54) is 9.87 Å². The summed E-state index contributed by atoms with van der Waals surface area (Å²) in [5.41, 5.74) is 4.40. The summed E-state index contributed by atoms with van der Waals surface area (Å²) >= 11 is 0. The van der Waals surface area contributed by atoms with Crippen LogP contribution in [-0.2, 0) is 21.2 Å². The summed E-state index contributed by atoms with van der Waals surface area (Å²) in [5.74, 6) is -0.173. The number of sulfonamides is 1. The molecule has 0 bridgehead atoms. The Morgan fingerprint density at radius 3 is 2.15 bits per heavy atom. The molecule has 2 aromatic carbocycles. The van der Waals surface area contributed by atoms with E-state index in [4.69, 9.17) is 0 Å². The summed E-state index contributed by atoms with van der Waals surface area (Å²) in [5, 5.41) is 2.82. The van der Waals surface area contributed by atoms with Crippen molar-refractivity contribution < 1.29 is 13.2 Å². The summed E-state index contributed by atoms with van der Waals surface area (Å²) in [4.78, 5) is 12.6. The fraction of sp³-hybridized carbons (Fsp3) is 0.381. The largest absolute Gasteiger partial charge is 0.326 e. The van der Waals surface area contributed by atoms with E-state index in [1.54, 1.807) is 25.1 Å². The lowest BCUT2D eigenvalue weighted by Gasteiger charge is -2.20. The van der Waals surface area contributed by atoms with Crippen molar-refractivity contribution in [1.29, 1.82) is 0 Å². The van der Waals surface area contributed by atoms with Crippen molar-refractivity contribution in [3.8, 4) is 0 Å². The molecule has 0 spiro atoms. The van der Waals surface area contributed by atoms with E-state index in [1.807, 2.05) is 45.9 Å². The zero-order valence-corrected chi connectivity index (χ0v) is 17.5. The summed E-state index contributed by atoms with van der Waals surface area (Å²) in [6.45, 7) is 10.2. The van der Waals surface area contributed by atoms with Crippen LogP contribution in [0.15, 0.2) is 41.3 Å². The van der Waals surface area contributed by atoms with E-state index in [2.05, 4.69) is 5.32 Å². The molecule has 6 heteroatoms. The number of benzene rings is 2. The van der Waals surface area contributed by atoms with Gasteiger partial charge in [0.05, 0.1) is 11.3 Å². The molecule has 0 aliphatic rings. The molecule has 0 fully saturated rings. The van der Waals surface area contributed by atoms with E-state index >= 15 is 0 Å². The van der Waals surface area contributed by atoms with Crippen LogP contribution in [0.25, 0.3) is 0 Å². The van der Waals surface area contributed by atoms with Crippen molar-refractivity contribution >= 4 is 21.6 Å². The standard InChI is InChI=1S/C21H28N2O3S/c1-6-23(7-2)27(25,26)20-14-19(11-9-16(20)4)22-21(24)13-18-10-8-15(3)17(5)12-18/h8-12,14H,6-7,13H2,1-5H3,(H,22,24). The molecule has 0 unspecified atom stereocenters. The van der Waals surface area contributed by atoms with Gasteiger partial charge in [-0.3, -0.25) is 4.79 Å². The molecule has 1 amide bonds. The minimum atomic E-state index is -3.58. The molecule has 0 aliphatic carbocycles. The molecule has 2 rings (SSSR count). The molecule has 0 aliphatic heterocycles. The van der Waals surface area contributed by atoms with Gasteiger partial charge in [0.2, 0.25) is 15.9 Å². The van der Waals surface area contributed by atoms with Gasteiger partial charge in [0, 0.05) is 18.8 Å². The molecule has 0 saturated carbocycles. The fourth-order valence-corrected chi connectivity index (χ4v) is 4.67. The van der Waals surface area contributed by atoms with Crippen LogP contribution >= 0.6 is 0 Å². The number of nitrogens with zero attached hydrogens (tertiary/aromatic N) is 1. The van der Waals surface area contributed by atoms with Gasteiger partial charge in [-0.15, -0.1) is 0 Å². The summed E-state index contributed by atoms with van der Waals surface area (Å²) < 4.78 is 27.1. The third kappa shape index (κ3) is 4.96. The lowest BCUT2D eigenvalue weighted by molar-refractivity contribution is -0.115. The zero-order valence-electron chi connectivity index (χ0n) is 16.7. The van der Waals surface area contributed by atoms with Gasteiger partial charge in [-0.2, -0.15) is 4.31 Å². The van der Waals surface area contributed by atoms with Crippen molar-refractivity contribution in [2.24, 2.45) is 0 Å². The van der Waals surface area contributed by atoms with Gasteiger partial charge in [-0.05, 0) is 55.2 Å². The Kier molecular flexibility index (Phi) is 6.78. The molecule has 0 atom stereocenters. The quantitative estimate of drug-likeness (QED) is 0.784. The van der Waals surface area contributed by atoms with Crippen LogP contribution in [0.4, 0.5) is 5.69 Å². The van der Waals surface area contributed by atoms with Crippen LogP contribution in [0, 0.1) is 20.8 Å². The average Bonchev–Trinajstić information content (AvgIpc) is 2.60. The molecule has 5 nitrogen and oxygen atoms in total. The summed E-state index contributed by atoms with van der Waals surface area (Å²) in [7, 11) is -3.58. The lowest BCUT2D eigenvalue weighted by Crippen LogP contribution is -2.31. The zero-order chi connectivity index (χ0) is 20.2. The molecule has 0 saturated heterocycles. The molecule has 0 heterocycles. The van der Waals surface area contributed by atoms with Crippen LogP contribution in [0.5, 0.6) is 0 Å². The number of amides is 1. The second-order valence-corrected chi connectivity index (χ2v) is 8.62. The highest BCUT2D eigenvalue weighted by atomic mass is 32.2. The molecule has 1 N–H and O–H groups in total. The molecule has 0 aromatic heterocycles. The molecule has 2 aromatic rings. The summed E-state index contributed by atoms with van der Waals surface area (Å²) in [6, 6.07) is 10.9. The molecular weight excluding hydrogens is 360 g/mol. The van der Waals surface area contributed by atoms with Crippen molar-refractivity contribution in [2.75, 3.05) is 18.4 Å². The normalized spacial score (nSPS) is 11.6. The number of hydrogen-bond acceptors (Lipinski definition) is 3. The number of carbonyl (C=O) groups is 1. The highest BCUT2D eigenvalue weighted by Gasteiger charge is 2.24. The van der Waals surface area contributed by atoms with E-state index in [0.29, 0.717) is 24.3 Å². The van der Waals surface area contributed by atoms with Crippen LogP contribution < -0.4 is 5.32 Å². The third-order valence-electron chi connectivity index (χ3n) is 4.73. The first-order valence-corrected chi connectivity index (χ1v) is 10.6. The van der Waals surface area contributed by atoms with Crippen LogP contribution in [-0.4, -0.2) is 31.7 Å². The highest BCUT2D eigenvalue weighted by Crippen LogP contribution is 2.24. The smallest absolute Gasteiger partial charge is 0.243 e. The van der Waals surface area contributed by atoms with E-state index in [-0.39, 0.29) is 17.2 Å². The average molecular weight is 389 g/mol. The first-order valence-electron chi connectivity index (χ1n) is 9.15. The Balaban J connectivity index is 2.22. The van der Waals surface area contributed by atoms with Crippen molar-refractivity contribution in [3.63, 3.8) is 0 Å². The van der Waals surface area contributed by atoms with Crippen LogP contribution in [0.2, 0.25) is 0 Å². The predicted molar refractivity (Wildman–Crippen MR) is 110 cm³/mol.